The lowest BCUT2D eigenvalue weighted by molar-refractivity contribution is 0.346. The van der Waals surface area contributed by atoms with Crippen molar-refractivity contribution >= 4 is 0 Å². The molecule has 0 aliphatic heterocycles. The van der Waals surface area contributed by atoms with Gasteiger partial charge in [-0.15, -0.1) is 0 Å². The monoisotopic (exact) mass is 213 g/mol. The van der Waals surface area contributed by atoms with Gasteiger partial charge >= 0.3 is 0 Å². The summed E-state index contributed by atoms with van der Waals surface area (Å²) in [5.41, 5.74) is 5.95. The lowest BCUT2D eigenvalue weighted by Gasteiger charge is -2.19. The lowest BCUT2D eigenvalue weighted by atomic mass is 9.95. The molecule has 0 unspecified atom stereocenters. The summed E-state index contributed by atoms with van der Waals surface area (Å²) in [6.07, 6.45) is 0.454. The highest BCUT2D eigenvalue weighted by molar-refractivity contribution is 5.47. The standard InChI is InChI=1S/C11H16FNO2/c1-11(2,13)6-7-4-5-8(12)10(15-3)9(7)14/h4-5,14H,6,13H2,1-3H3. The van der Waals surface area contributed by atoms with Crippen molar-refractivity contribution in [2.45, 2.75) is 25.8 Å². The van der Waals surface area contributed by atoms with Crippen LogP contribution in [0.15, 0.2) is 12.1 Å². The number of aromatic hydroxyl groups is 1. The summed E-state index contributed by atoms with van der Waals surface area (Å²) in [6, 6.07) is 2.78. The van der Waals surface area contributed by atoms with Gasteiger partial charge in [-0.05, 0) is 31.9 Å². The van der Waals surface area contributed by atoms with E-state index in [-0.39, 0.29) is 11.5 Å². The normalized spacial score (nSPS) is 11.5. The van der Waals surface area contributed by atoms with E-state index in [0.717, 1.165) is 0 Å². The number of nitrogens with two attached hydrogens (primary N) is 1. The molecule has 0 spiro atoms. The van der Waals surface area contributed by atoms with E-state index in [1.54, 1.807) is 0 Å². The number of phenolic OH excluding ortho intramolecular Hbond substituents is 1. The van der Waals surface area contributed by atoms with E-state index in [0.29, 0.717) is 12.0 Å². The fourth-order valence-electron chi connectivity index (χ4n) is 1.41. The predicted molar refractivity (Wildman–Crippen MR) is 56.6 cm³/mol. The molecule has 0 fully saturated rings. The van der Waals surface area contributed by atoms with E-state index in [9.17, 15) is 9.50 Å². The minimum atomic E-state index is -0.575. The zero-order chi connectivity index (χ0) is 11.6. The highest BCUT2D eigenvalue weighted by Gasteiger charge is 2.18. The van der Waals surface area contributed by atoms with Crippen LogP contribution in [0.4, 0.5) is 4.39 Å². The van der Waals surface area contributed by atoms with Crippen molar-refractivity contribution < 1.29 is 14.2 Å². The average molecular weight is 213 g/mol. The maximum absolute atomic E-state index is 13.1. The molecule has 84 valence electrons. The Bertz CT molecular complexity index is 358. The number of phenols is 1. The Morgan fingerprint density at radius 1 is 1.47 bits per heavy atom. The van der Waals surface area contributed by atoms with Crippen molar-refractivity contribution in [3.63, 3.8) is 0 Å². The van der Waals surface area contributed by atoms with Gasteiger partial charge in [-0.3, -0.25) is 0 Å². The molecule has 15 heavy (non-hydrogen) atoms. The molecule has 0 aliphatic rings. The molecule has 3 nitrogen and oxygen atoms in total. The van der Waals surface area contributed by atoms with Crippen LogP contribution in [0.3, 0.4) is 0 Å². The van der Waals surface area contributed by atoms with Crippen LogP contribution in [0.1, 0.15) is 19.4 Å². The van der Waals surface area contributed by atoms with E-state index in [2.05, 4.69) is 0 Å². The van der Waals surface area contributed by atoms with Gasteiger partial charge in [0.1, 0.15) is 0 Å². The third-order valence-corrected chi connectivity index (χ3v) is 2.02. The Kier molecular flexibility index (Phi) is 3.19. The molecule has 0 saturated carbocycles. The van der Waals surface area contributed by atoms with Gasteiger partial charge in [-0.25, -0.2) is 4.39 Å². The number of hydrogen-bond donors (Lipinski definition) is 2. The second kappa shape index (κ2) is 4.06. The summed E-state index contributed by atoms with van der Waals surface area (Å²) in [5.74, 6) is -0.874. The number of halogens is 1. The Balaban J connectivity index is 3.11. The third kappa shape index (κ3) is 2.83. The molecule has 0 atom stereocenters. The summed E-state index contributed by atoms with van der Waals surface area (Å²) < 4.78 is 17.9. The van der Waals surface area contributed by atoms with Crippen molar-refractivity contribution in [1.29, 1.82) is 0 Å². The second-order valence-electron chi connectivity index (χ2n) is 4.25. The largest absolute Gasteiger partial charge is 0.504 e. The smallest absolute Gasteiger partial charge is 0.196 e. The minimum Gasteiger partial charge on any atom is -0.504 e. The highest BCUT2D eigenvalue weighted by Crippen LogP contribution is 2.33. The Morgan fingerprint density at radius 2 is 2.07 bits per heavy atom. The molecule has 0 aromatic heterocycles. The van der Waals surface area contributed by atoms with E-state index >= 15 is 0 Å². The molecule has 0 radical (unpaired) electrons. The first-order chi connectivity index (χ1) is 6.85. The van der Waals surface area contributed by atoms with Crippen LogP contribution in [0, 0.1) is 5.82 Å². The molecule has 0 heterocycles. The van der Waals surface area contributed by atoms with Crippen LogP contribution < -0.4 is 10.5 Å². The van der Waals surface area contributed by atoms with Crippen LogP contribution in [-0.4, -0.2) is 17.8 Å². The number of benzene rings is 1. The van der Waals surface area contributed by atoms with Crippen LogP contribution in [-0.2, 0) is 6.42 Å². The first-order valence-electron chi connectivity index (χ1n) is 4.68. The molecule has 1 aromatic carbocycles. The van der Waals surface area contributed by atoms with Gasteiger partial charge in [0.05, 0.1) is 7.11 Å². The fourth-order valence-corrected chi connectivity index (χ4v) is 1.41. The van der Waals surface area contributed by atoms with Crippen LogP contribution in [0.25, 0.3) is 0 Å². The van der Waals surface area contributed by atoms with Crippen LogP contribution in [0.2, 0.25) is 0 Å². The van der Waals surface area contributed by atoms with Crippen molar-refractivity contribution in [3.05, 3.63) is 23.5 Å². The quantitative estimate of drug-likeness (QED) is 0.805. The number of hydrogen-bond acceptors (Lipinski definition) is 3. The van der Waals surface area contributed by atoms with Gasteiger partial charge in [-0.1, -0.05) is 6.07 Å². The molecule has 1 aromatic rings. The maximum atomic E-state index is 13.1. The summed E-state index contributed by atoms with van der Waals surface area (Å²) in [4.78, 5) is 0. The van der Waals surface area contributed by atoms with Gasteiger partial charge in [0, 0.05) is 5.54 Å². The van der Waals surface area contributed by atoms with Crippen molar-refractivity contribution in [1.82, 2.24) is 0 Å². The van der Waals surface area contributed by atoms with Crippen molar-refractivity contribution in [3.8, 4) is 11.5 Å². The molecular weight excluding hydrogens is 197 g/mol. The minimum absolute atomic E-state index is 0.128. The van der Waals surface area contributed by atoms with Gasteiger partial charge < -0.3 is 15.6 Å². The van der Waals surface area contributed by atoms with Crippen LogP contribution >= 0.6 is 0 Å². The molecule has 0 bridgehead atoms. The molecule has 1 rings (SSSR count). The summed E-state index contributed by atoms with van der Waals surface area (Å²) in [7, 11) is 1.31. The lowest BCUT2D eigenvalue weighted by Crippen LogP contribution is -2.34. The number of rotatable bonds is 3. The van der Waals surface area contributed by atoms with E-state index in [1.165, 1.54) is 19.2 Å². The fraction of sp³-hybridized carbons (Fsp3) is 0.455. The Hall–Kier alpha value is -1.29. The zero-order valence-corrected chi connectivity index (χ0v) is 9.17. The number of methoxy groups -OCH3 is 1. The molecular formula is C11H16FNO2. The highest BCUT2D eigenvalue weighted by atomic mass is 19.1. The topological polar surface area (TPSA) is 55.5 Å². The Morgan fingerprint density at radius 3 is 2.53 bits per heavy atom. The second-order valence-corrected chi connectivity index (χ2v) is 4.25. The van der Waals surface area contributed by atoms with Gasteiger partial charge in [0.25, 0.3) is 0 Å². The molecule has 0 aliphatic carbocycles. The molecule has 0 amide bonds. The van der Waals surface area contributed by atoms with Crippen molar-refractivity contribution in [2.24, 2.45) is 5.73 Å². The average Bonchev–Trinajstić information content (AvgIpc) is 2.09. The molecule has 0 saturated heterocycles. The van der Waals surface area contributed by atoms with Crippen LogP contribution in [0.5, 0.6) is 11.5 Å². The Labute approximate surface area is 88.7 Å². The van der Waals surface area contributed by atoms with E-state index < -0.39 is 11.4 Å². The summed E-state index contributed by atoms with van der Waals surface area (Å²) in [5, 5.41) is 9.71. The van der Waals surface area contributed by atoms with Gasteiger partial charge in [0.15, 0.2) is 17.3 Å². The molecule has 4 heteroatoms. The first-order valence-corrected chi connectivity index (χ1v) is 4.68. The predicted octanol–water partition coefficient (Wildman–Crippen LogP) is 1.82. The van der Waals surface area contributed by atoms with Gasteiger partial charge in [-0.2, -0.15) is 0 Å². The maximum Gasteiger partial charge on any atom is 0.196 e. The zero-order valence-electron chi connectivity index (χ0n) is 9.17. The molecule has 3 N–H and O–H groups in total. The third-order valence-electron chi connectivity index (χ3n) is 2.02. The summed E-state index contributed by atoms with van der Waals surface area (Å²) in [6.45, 7) is 3.67. The van der Waals surface area contributed by atoms with E-state index in [1.807, 2.05) is 13.8 Å². The van der Waals surface area contributed by atoms with Crippen molar-refractivity contribution in [2.75, 3.05) is 7.11 Å². The van der Waals surface area contributed by atoms with E-state index in [4.69, 9.17) is 10.5 Å². The number of ether oxygens (including phenoxy) is 1. The van der Waals surface area contributed by atoms with Gasteiger partial charge in [0.2, 0.25) is 0 Å². The SMILES string of the molecule is COc1c(F)ccc(CC(C)(C)N)c1O. The first kappa shape index (κ1) is 11.8. The summed E-state index contributed by atoms with van der Waals surface area (Å²) >= 11 is 0.